The first-order valence-corrected chi connectivity index (χ1v) is 10.3. The van der Waals surface area contributed by atoms with E-state index in [1.165, 1.54) is 50.3 Å². The van der Waals surface area contributed by atoms with Crippen molar-refractivity contribution in [3.8, 4) is 0 Å². The van der Waals surface area contributed by atoms with Gasteiger partial charge in [0.25, 0.3) is 0 Å². The highest BCUT2D eigenvalue weighted by molar-refractivity contribution is 8.00. The van der Waals surface area contributed by atoms with Gasteiger partial charge >= 0.3 is 0 Å². The zero-order valence-corrected chi connectivity index (χ0v) is 15.4. The van der Waals surface area contributed by atoms with Crippen LogP contribution in [0.4, 0.5) is 0 Å². The SMILES string of the molecule is O=C(CSCC(=O)N1CCOCC1)NCCNC1CCCCCC1. The Morgan fingerprint density at radius 3 is 2.42 bits per heavy atom. The standard InChI is InChI=1S/C17H31N3O3S/c21-16(13-24-14-17(22)20-9-11-23-12-10-20)19-8-7-18-15-5-3-1-2-4-6-15/h15,18H,1-14H2,(H,19,21). The summed E-state index contributed by atoms with van der Waals surface area (Å²) in [5, 5.41) is 6.46. The molecule has 6 nitrogen and oxygen atoms in total. The van der Waals surface area contributed by atoms with Crippen molar-refractivity contribution in [3.63, 3.8) is 0 Å². The lowest BCUT2D eigenvalue weighted by atomic mass is 10.1. The summed E-state index contributed by atoms with van der Waals surface area (Å²) in [5.74, 6) is 0.830. The van der Waals surface area contributed by atoms with Crippen molar-refractivity contribution in [2.75, 3.05) is 50.9 Å². The van der Waals surface area contributed by atoms with Crippen LogP contribution in [0, 0.1) is 0 Å². The number of nitrogens with one attached hydrogen (secondary N) is 2. The van der Waals surface area contributed by atoms with E-state index in [1.54, 1.807) is 0 Å². The number of hydrogen-bond donors (Lipinski definition) is 2. The zero-order valence-electron chi connectivity index (χ0n) is 14.6. The lowest BCUT2D eigenvalue weighted by Gasteiger charge is -2.26. The van der Waals surface area contributed by atoms with Crippen LogP contribution in [0.3, 0.4) is 0 Å². The quantitative estimate of drug-likeness (QED) is 0.501. The molecule has 7 heteroatoms. The van der Waals surface area contributed by atoms with Gasteiger partial charge in [-0.25, -0.2) is 0 Å². The van der Waals surface area contributed by atoms with Crippen LogP contribution in [0.15, 0.2) is 0 Å². The number of ether oxygens (including phenoxy) is 1. The summed E-state index contributed by atoms with van der Waals surface area (Å²) >= 11 is 1.39. The fourth-order valence-electron chi connectivity index (χ4n) is 3.15. The molecular weight excluding hydrogens is 326 g/mol. The molecule has 0 spiro atoms. The molecule has 0 unspecified atom stereocenters. The van der Waals surface area contributed by atoms with Crippen molar-refractivity contribution in [1.29, 1.82) is 0 Å². The van der Waals surface area contributed by atoms with Crippen LogP contribution >= 0.6 is 11.8 Å². The van der Waals surface area contributed by atoms with Crippen molar-refractivity contribution in [3.05, 3.63) is 0 Å². The molecule has 24 heavy (non-hydrogen) atoms. The molecule has 1 aliphatic heterocycles. The summed E-state index contributed by atoms with van der Waals surface area (Å²) < 4.78 is 5.23. The van der Waals surface area contributed by atoms with Gasteiger partial charge in [0.1, 0.15) is 0 Å². The van der Waals surface area contributed by atoms with E-state index in [2.05, 4.69) is 10.6 Å². The summed E-state index contributed by atoms with van der Waals surface area (Å²) in [6.45, 7) is 4.05. The Morgan fingerprint density at radius 2 is 1.71 bits per heavy atom. The van der Waals surface area contributed by atoms with E-state index in [-0.39, 0.29) is 11.8 Å². The smallest absolute Gasteiger partial charge is 0.232 e. The minimum absolute atomic E-state index is 0.0115. The Hall–Kier alpha value is -0.790. The fraction of sp³-hybridized carbons (Fsp3) is 0.882. The Bertz CT molecular complexity index is 381. The van der Waals surface area contributed by atoms with E-state index >= 15 is 0 Å². The second-order valence-electron chi connectivity index (χ2n) is 6.48. The molecule has 2 amide bonds. The van der Waals surface area contributed by atoms with E-state index < -0.39 is 0 Å². The zero-order chi connectivity index (χ0) is 17.0. The summed E-state index contributed by atoms with van der Waals surface area (Å²) in [4.78, 5) is 25.6. The van der Waals surface area contributed by atoms with Crippen LogP contribution in [-0.4, -0.2) is 73.7 Å². The summed E-state index contributed by atoms with van der Waals surface area (Å²) in [6, 6.07) is 0.616. The maximum Gasteiger partial charge on any atom is 0.232 e. The minimum atomic E-state index is 0.0115. The number of carbonyl (C=O) groups is 2. The number of thioether (sulfide) groups is 1. The summed E-state index contributed by atoms with van der Waals surface area (Å²) in [5.41, 5.74) is 0. The third-order valence-electron chi connectivity index (χ3n) is 4.56. The Labute approximate surface area is 149 Å². The largest absolute Gasteiger partial charge is 0.378 e. The lowest BCUT2D eigenvalue weighted by molar-refractivity contribution is -0.132. The van der Waals surface area contributed by atoms with E-state index in [1.807, 2.05) is 4.90 Å². The van der Waals surface area contributed by atoms with Gasteiger partial charge in [0.15, 0.2) is 0 Å². The van der Waals surface area contributed by atoms with Gasteiger partial charge in [-0.3, -0.25) is 9.59 Å². The van der Waals surface area contributed by atoms with E-state index in [4.69, 9.17) is 4.74 Å². The molecule has 1 heterocycles. The van der Waals surface area contributed by atoms with Crippen LogP contribution in [0.5, 0.6) is 0 Å². The van der Waals surface area contributed by atoms with Gasteiger partial charge < -0.3 is 20.3 Å². The van der Waals surface area contributed by atoms with Crippen molar-refractivity contribution in [1.82, 2.24) is 15.5 Å². The average Bonchev–Trinajstić information content (AvgIpc) is 2.88. The highest BCUT2D eigenvalue weighted by Crippen LogP contribution is 2.16. The first-order valence-electron chi connectivity index (χ1n) is 9.19. The molecule has 0 atom stereocenters. The van der Waals surface area contributed by atoms with Crippen molar-refractivity contribution < 1.29 is 14.3 Å². The predicted octanol–water partition coefficient (Wildman–Crippen LogP) is 1.01. The highest BCUT2D eigenvalue weighted by Gasteiger charge is 2.17. The van der Waals surface area contributed by atoms with Gasteiger partial charge in [0, 0.05) is 32.2 Å². The Morgan fingerprint density at radius 1 is 1.00 bits per heavy atom. The topological polar surface area (TPSA) is 70.7 Å². The molecule has 2 fully saturated rings. The maximum atomic E-state index is 12.0. The molecule has 138 valence electrons. The molecule has 2 aliphatic rings. The number of hydrogen-bond acceptors (Lipinski definition) is 5. The van der Waals surface area contributed by atoms with Gasteiger partial charge in [0.05, 0.1) is 24.7 Å². The Balaban J connectivity index is 1.46. The number of carbonyl (C=O) groups excluding carboxylic acids is 2. The van der Waals surface area contributed by atoms with Crippen LogP contribution < -0.4 is 10.6 Å². The normalized spacial score (nSPS) is 19.8. The predicted molar refractivity (Wildman–Crippen MR) is 97.2 cm³/mol. The van der Waals surface area contributed by atoms with Gasteiger partial charge in [-0.1, -0.05) is 25.7 Å². The molecule has 1 saturated heterocycles. The van der Waals surface area contributed by atoms with Crippen LogP contribution in [0.25, 0.3) is 0 Å². The first-order chi connectivity index (χ1) is 11.8. The molecule has 0 aromatic carbocycles. The summed E-state index contributed by atoms with van der Waals surface area (Å²) in [7, 11) is 0. The third-order valence-corrected chi connectivity index (χ3v) is 5.48. The van der Waals surface area contributed by atoms with Gasteiger partial charge in [-0.15, -0.1) is 11.8 Å². The molecule has 0 bridgehead atoms. The van der Waals surface area contributed by atoms with Crippen molar-refractivity contribution in [2.45, 2.75) is 44.6 Å². The maximum absolute atomic E-state index is 12.0. The Kier molecular flexibility index (Phi) is 9.53. The van der Waals surface area contributed by atoms with E-state index in [0.29, 0.717) is 50.4 Å². The molecule has 1 aliphatic carbocycles. The van der Waals surface area contributed by atoms with Crippen LogP contribution in [0.2, 0.25) is 0 Å². The molecule has 0 aromatic rings. The molecule has 0 aromatic heterocycles. The van der Waals surface area contributed by atoms with Crippen LogP contribution in [0.1, 0.15) is 38.5 Å². The molecular formula is C17H31N3O3S. The number of rotatable bonds is 8. The van der Waals surface area contributed by atoms with Gasteiger partial charge in [-0.05, 0) is 12.8 Å². The molecule has 2 rings (SSSR count). The lowest BCUT2D eigenvalue weighted by Crippen LogP contribution is -2.42. The highest BCUT2D eigenvalue weighted by atomic mass is 32.2. The summed E-state index contributed by atoms with van der Waals surface area (Å²) in [6.07, 6.45) is 7.86. The molecule has 2 N–H and O–H groups in total. The number of nitrogens with zero attached hydrogens (tertiary/aromatic N) is 1. The monoisotopic (exact) mass is 357 g/mol. The van der Waals surface area contributed by atoms with Gasteiger partial charge in [-0.2, -0.15) is 0 Å². The first kappa shape index (κ1) is 19.5. The van der Waals surface area contributed by atoms with E-state index in [0.717, 1.165) is 6.54 Å². The van der Waals surface area contributed by atoms with Gasteiger partial charge in [0.2, 0.25) is 11.8 Å². The average molecular weight is 358 g/mol. The van der Waals surface area contributed by atoms with E-state index in [9.17, 15) is 9.59 Å². The minimum Gasteiger partial charge on any atom is -0.378 e. The van der Waals surface area contributed by atoms with Crippen LogP contribution in [-0.2, 0) is 14.3 Å². The van der Waals surface area contributed by atoms with Crippen molar-refractivity contribution >= 4 is 23.6 Å². The molecule has 1 saturated carbocycles. The molecule has 0 radical (unpaired) electrons. The number of morpholine rings is 1. The second kappa shape index (κ2) is 11.7. The third kappa shape index (κ3) is 7.85. The number of amides is 2. The fourth-order valence-corrected chi connectivity index (χ4v) is 3.89. The van der Waals surface area contributed by atoms with Crippen molar-refractivity contribution in [2.24, 2.45) is 0 Å². The second-order valence-corrected chi connectivity index (χ2v) is 7.46.